The number of amides is 2. The first-order valence-electron chi connectivity index (χ1n) is 6.42. The van der Waals surface area contributed by atoms with Gasteiger partial charge in [-0.05, 0) is 24.3 Å². The maximum Gasteiger partial charge on any atom is 0.326 e. The van der Waals surface area contributed by atoms with Gasteiger partial charge in [0.15, 0.2) is 0 Å². The first-order chi connectivity index (χ1) is 10.1. The Hall–Kier alpha value is -2.60. The Morgan fingerprint density at radius 1 is 1.19 bits per heavy atom. The predicted molar refractivity (Wildman–Crippen MR) is 80.7 cm³/mol. The van der Waals surface area contributed by atoms with Crippen molar-refractivity contribution in [2.24, 2.45) is 0 Å². The van der Waals surface area contributed by atoms with Gasteiger partial charge in [-0.15, -0.1) is 0 Å². The van der Waals surface area contributed by atoms with Gasteiger partial charge in [0.05, 0.1) is 30.2 Å². The number of aliphatic hydroxyl groups excluding tert-OH is 1. The quantitative estimate of drug-likeness (QED) is 0.756. The third kappa shape index (κ3) is 3.49. The largest absolute Gasteiger partial charge is 0.397 e. The maximum atomic E-state index is 13.6. The number of benzene rings is 2. The van der Waals surface area contributed by atoms with E-state index in [0.717, 1.165) is 0 Å². The number of carbonyl (C=O) groups is 1. The number of urea groups is 1. The summed E-state index contributed by atoms with van der Waals surface area (Å²) in [6, 6.07) is 12.1. The Morgan fingerprint density at radius 3 is 2.52 bits per heavy atom. The highest BCUT2D eigenvalue weighted by Crippen LogP contribution is 2.23. The lowest BCUT2D eigenvalue weighted by Crippen LogP contribution is -2.37. The number of nitrogens with one attached hydrogen (secondary N) is 1. The van der Waals surface area contributed by atoms with Crippen molar-refractivity contribution in [3.05, 3.63) is 54.3 Å². The van der Waals surface area contributed by atoms with Crippen LogP contribution in [0.1, 0.15) is 0 Å². The SMILES string of the molecule is Nc1ccccc1N(CCO)C(=O)Nc1ccccc1F. The van der Waals surface area contributed by atoms with Gasteiger partial charge in [0.2, 0.25) is 0 Å². The molecule has 0 saturated heterocycles. The van der Waals surface area contributed by atoms with Crippen LogP contribution in [0.5, 0.6) is 0 Å². The Bertz CT molecular complexity index is 634. The first-order valence-corrected chi connectivity index (χ1v) is 6.42. The van der Waals surface area contributed by atoms with E-state index < -0.39 is 11.8 Å². The molecule has 21 heavy (non-hydrogen) atoms. The third-order valence-electron chi connectivity index (χ3n) is 2.91. The summed E-state index contributed by atoms with van der Waals surface area (Å²) in [4.78, 5) is 13.6. The number of anilines is 3. The monoisotopic (exact) mass is 289 g/mol. The fraction of sp³-hybridized carbons (Fsp3) is 0.133. The zero-order chi connectivity index (χ0) is 15.2. The molecule has 0 radical (unpaired) electrons. The molecule has 0 aliphatic heterocycles. The molecule has 0 fully saturated rings. The van der Waals surface area contributed by atoms with Crippen molar-refractivity contribution in [1.82, 2.24) is 0 Å². The van der Waals surface area contributed by atoms with Crippen molar-refractivity contribution in [3.63, 3.8) is 0 Å². The van der Waals surface area contributed by atoms with Crippen molar-refractivity contribution < 1.29 is 14.3 Å². The summed E-state index contributed by atoms with van der Waals surface area (Å²) in [7, 11) is 0. The number of hydrogen-bond acceptors (Lipinski definition) is 3. The summed E-state index contributed by atoms with van der Waals surface area (Å²) in [5.74, 6) is -0.532. The molecule has 2 rings (SSSR count). The molecule has 0 unspecified atom stereocenters. The van der Waals surface area contributed by atoms with Gasteiger partial charge in [0.25, 0.3) is 0 Å². The Kier molecular flexibility index (Phi) is 4.73. The van der Waals surface area contributed by atoms with Crippen LogP contribution in [0, 0.1) is 5.82 Å². The smallest absolute Gasteiger partial charge is 0.326 e. The second kappa shape index (κ2) is 6.71. The molecule has 0 aliphatic rings. The number of carbonyl (C=O) groups excluding carboxylic acids is 1. The molecule has 2 amide bonds. The van der Waals surface area contributed by atoms with Crippen molar-refractivity contribution >= 4 is 23.1 Å². The summed E-state index contributed by atoms with van der Waals surface area (Å²) in [5.41, 5.74) is 6.76. The zero-order valence-electron chi connectivity index (χ0n) is 11.3. The number of rotatable bonds is 4. The van der Waals surface area contributed by atoms with Crippen LogP contribution in [0.15, 0.2) is 48.5 Å². The van der Waals surface area contributed by atoms with Crippen LogP contribution in [0.4, 0.5) is 26.2 Å². The van der Waals surface area contributed by atoms with E-state index in [2.05, 4.69) is 5.32 Å². The van der Waals surface area contributed by atoms with Crippen LogP contribution in [-0.4, -0.2) is 24.3 Å². The molecule has 2 aromatic carbocycles. The molecule has 0 aromatic heterocycles. The van der Waals surface area contributed by atoms with E-state index in [4.69, 9.17) is 10.8 Å². The summed E-state index contributed by atoms with van der Waals surface area (Å²) in [6.07, 6.45) is 0. The number of para-hydroxylation sites is 3. The number of nitrogens with zero attached hydrogens (tertiary/aromatic N) is 1. The van der Waals surface area contributed by atoms with Gasteiger partial charge in [-0.2, -0.15) is 0 Å². The Morgan fingerprint density at radius 2 is 1.86 bits per heavy atom. The van der Waals surface area contributed by atoms with Crippen molar-refractivity contribution in [2.45, 2.75) is 0 Å². The highest BCUT2D eigenvalue weighted by atomic mass is 19.1. The van der Waals surface area contributed by atoms with Crippen molar-refractivity contribution in [1.29, 1.82) is 0 Å². The van der Waals surface area contributed by atoms with Crippen LogP contribution in [0.2, 0.25) is 0 Å². The molecule has 5 nitrogen and oxygen atoms in total. The topological polar surface area (TPSA) is 78.6 Å². The average molecular weight is 289 g/mol. The fourth-order valence-corrected chi connectivity index (χ4v) is 1.91. The number of nitrogens with two attached hydrogens (primary N) is 1. The van der Waals surface area contributed by atoms with E-state index in [0.29, 0.717) is 11.4 Å². The highest BCUT2D eigenvalue weighted by molar-refractivity contribution is 6.03. The van der Waals surface area contributed by atoms with Crippen molar-refractivity contribution in [2.75, 3.05) is 29.1 Å². The third-order valence-corrected chi connectivity index (χ3v) is 2.91. The number of nitrogen functional groups attached to an aromatic ring is 1. The van der Waals surface area contributed by atoms with Crippen LogP contribution in [0.3, 0.4) is 0 Å². The van der Waals surface area contributed by atoms with E-state index >= 15 is 0 Å². The zero-order valence-corrected chi connectivity index (χ0v) is 11.3. The molecule has 0 bridgehead atoms. The van der Waals surface area contributed by atoms with E-state index in [1.165, 1.54) is 23.1 Å². The molecule has 2 aromatic rings. The highest BCUT2D eigenvalue weighted by Gasteiger charge is 2.18. The van der Waals surface area contributed by atoms with Gasteiger partial charge in [-0.1, -0.05) is 24.3 Å². The van der Waals surface area contributed by atoms with E-state index in [9.17, 15) is 9.18 Å². The predicted octanol–water partition coefficient (Wildman–Crippen LogP) is 2.44. The molecule has 0 atom stereocenters. The lowest BCUT2D eigenvalue weighted by atomic mass is 10.2. The van der Waals surface area contributed by atoms with Crippen molar-refractivity contribution in [3.8, 4) is 0 Å². The van der Waals surface area contributed by atoms with E-state index in [1.54, 1.807) is 30.3 Å². The minimum absolute atomic E-state index is 0.0501. The summed E-state index contributed by atoms with van der Waals surface area (Å²) < 4.78 is 13.6. The minimum atomic E-state index is -0.563. The molecular formula is C15H16FN3O2. The number of aliphatic hydroxyl groups is 1. The normalized spacial score (nSPS) is 10.2. The second-order valence-electron chi connectivity index (χ2n) is 4.34. The summed E-state index contributed by atoms with van der Waals surface area (Å²) >= 11 is 0. The fourth-order valence-electron chi connectivity index (χ4n) is 1.91. The standard InChI is InChI=1S/C15H16FN3O2/c16-11-5-1-3-7-13(11)18-15(21)19(9-10-20)14-8-4-2-6-12(14)17/h1-8,20H,9-10,17H2,(H,18,21). The minimum Gasteiger partial charge on any atom is -0.397 e. The molecule has 6 heteroatoms. The maximum absolute atomic E-state index is 13.6. The van der Waals surface area contributed by atoms with Crippen LogP contribution < -0.4 is 16.0 Å². The Balaban J connectivity index is 2.25. The van der Waals surface area contributed by atoms with Crippen LogP contribution in [0.25, 0.3) is 0 Å². The molecule has 4 N–H and O–H groups in total. The molecular weight excluding hydrogens is 273 g/mol. The molecule has 0 heterocycles. The van der Waals surface area contributed by atoms with Crippen LogP contribution >= 0.6 is 0 Å². The van der Waals surface area contributed by atoms with E-state index in [-0.39, 0.29) is 18.8 Å². The first kappa shape index (κ1) is 14.8. The molecule has 0 saturated carbocycles. The van der Waals surface area contributed by atoms with Gasteiger partial charge >= 0.3 is 6.03 Å². The molecule has 0 aliphatic carbocycles. The van der Waals surface area contributed by atoms with Gasteiger partial charge in [0, 0.05) is 0 Å². The molecule has 0 spiro atoms. The van der Waals surface area contributed by atoms with Gasteiger partial charge in [0.1, 0.15) is 5.82 Å². The molecule has 110 valence electrons. The number of hydrogen-bond donors (Lipinski definition) is 3. The average Bonchev–Trinajstić information content (AvgIpc) is 2.48. The van der Waals surface area contributed by atoms with Gasteiger partial charge in [-0.25, -0.2) is 9.18 Å². The van der Waals surface area contributed by atoms with Gasteiger partial charge < -0.3 is 16.2 Å². The lowest BCUT2D eigenvalue weighted by molar-refractivity contribution is 0.252. The van der Waals surface area contributed by atoms with Crippen LogP contribution in [-0.2, 0) is 0 Å². The second-order valence-corrected chi connectivity index (χ2v) is 4.34. The van der Waals surface area contributed by atoms with E-state index in [1.807, 2.05) is 0 Å². The summed E-state index contributed by atoms with van der Waals surface area (Å²) in [6.45, 7) is -0.187. The number of halogens is 1. The summed E-state index contributed by atoms with van der Waals surface area (Å²) in [5, 5.41) is 11.6. The lowest BCUT2D eigenvalue weighted by Gasteiger charge is -2.23. The Labute approximate surface area is 121 Å². The van der Waals surface area contributed by atoms with Gasteiger partial charge in [-0.3, -0.25) is 4.90 Å².